The molecule has 0 bridgehead atoms. The Balaban J connectivity index is 2.09. The second kappa shape index (κ2) is 3.48. The van der Waals surface area contributed by atoms with Crippen molar-refractivity contribution in [3.8, 4) is 0 Å². The van der Waals surface area contributed by atoms with Gasteiger partial charge in [0.25, 0.3) is 11.8 Å². The Morgan fingerprint density at radius 3 is 2.11 bits per heavy atom. The van der Waals surface area contributed by atoms with E-state index in [1.165, 1.54) is 18.2 Å². The molecule has 0 aliphatic carbocycles. The molecule has 1 saturated heterocycles. The molecule has 2 aliphatic heterocycles. The molecule has 0 radical (unpaired) electrons. The van der Waals surface area contributed by atoms with Gasteiger partial charge in [-0.1, -0.05) is 0 Å². The summed E-state index contributed by atoms with van der Waals surface area (Å²) in [6.45, 7) is 0. The van der Waals surface area contributed by atoms with Gasteiger partial charge in [-0.3, -0.25) is 29.8 Å². The molecule has 2 aliphatic rings. The van der Waals surface area contributed by atoms with Gasteiger partial charge in [0.1, 0.15) is 0 Å². The Labute approximate surface area is 105 Å². The first-order chi connectivity index (χ1) is 8.99. The molecule has 0 saturated carbocycles. The maximum absolute atomic E-state index is 11.5. The third kappa shape index (κ3) is 1.43. The predicted octanol–water partition coefficient (Wildman–Crippen LogP) is -0.847. The molecule has 1 aromatic rings. The van der Waals surface area contributed by atoms with E-state index in [0.717, 1.165) is 0 Å². The van der Waals surface area contributed by atoms with Gasteiger partial charge >= 0.3 is 17.8 Å². The van der Waals surface area contributed by atoms with Crippen molar-refractivity contribution in [1.82, 2.24) is 10.6 Å². The fourth-order valence-corrected chi connectivity index (χ4v) is 1.93. The molecule has 2 heterocycles. The van der Waals surface area contributed by atoms with Crippen LogP contribution in [0, 0.1) is 0 Å². The number of anilines is 1. The van der Waals surface area contributed by atoms with Crippen LogP contribution in [0.15, 0.2) is 18.2 Å². The quantitative estimate of drug-likeness (QED) is 0.387. The van der Waals surface area contributed by atoms with Gasteiger partial charge in [0, 0.05) is 0 Å². The van der Waals surface area contributed by atoms with Gasteiger partial charge in [-0.2, -0.15) is 0 Å². The average Bonchev–Trinajstić information content (AvgIpc) is 2.78. The Kier molecular flexibility index (Phi) is 2.03. The lowest BCUT2D eigenvalue weighted by Gasteiger charge is -2.11. The first kappa shape index (κ1) is 11.1. The van der Waals surface area contributed by atoms with Gasteiger partial charge in [-0.25, -0.2) is 9.69 Å². The van der Waals surface area contributed by atoms with Crippen molar-refractivity contribution < 1.29 is 24.0 Å². The molecule has 94 valence electrons. The van der Waals surface area contributed by atoms with Crippen molar-refractivity contribution in [2.75, 3.05) is 4.90 Å². The molecule has 6 amide bonds. The lowest BCUT2D eigenvalue weighted by atomic mass is 10.1. The van der Waals surface area contributed by atoms with Crippen molar-refractivity contribution in [3.63, 3.8) is 0 Å². The van der Waals surface area contributed by atoms with Crippen LogP contribution in [0.5, 0.6) is 0 Å². The summed E-state index contributed by atoms with van der Waals surface area (Å²) in [4.78, 5) is 57.4. The van der Waals surface area contributed by atoms with Crippen LogP contribution in [-0.2, 0) is 9.59 Å². The highest BCUT2D eigenvalue weighted by atomic mass is 16.2. The smallest absolute Gasteiger partial charge is 0.288 e. The summed E-state index contributed by atoms with van der Waals surface area (Å²) in [6, 6.07) is 2.95. The molecule has 8 heteroatoms. The highest BCUT2D eigenvalue weighted by Gasteiger charge is 2.39. The zero-order valence-electron chi connectivity index (χ0n) is 9.22. The minimum absolute atomic E-state index is 0.0527. The number of carbonyl (C=O) groups excluding carboxylic acids is 5. The molecule has 3 rings (SSSR count). The van der Waals surface area contributed by atoms with Crippen molar-refractivity contribution in [2.45, 2.75) is 0 Å². The summed E-state index contributed by atoms with van der Waals surface area (Å²) in [5.74, 6) is -3.22. The van der Waals surface area contributed by atoms with Crippen LogP contribution in [0.4, 0.5) is 10.5 Å². The van der Waals surface area contributed by atoms with Crippen LogP contribution >= 0.6 is 0 Å². The maximum atomic E-state index is 11.5. The minimum atomic E-state index is -1.04. The molecule has 0 aromatic heterocycles. The van der Waals surface area contributed by atoms with Gasteiger partial charge in [-0.05, 0) is 18.2 Å². The van der Waals surface area contributed by atoms with Crippen molar-refractivity contribution in [2.24, 2.45) is 0 Å². The topological polar surface area (TPSA) is 113 Å². The number of hydrogen-bond acceptors (Lipinski definition) is 5. The van der Waals surface area contributed by atoms with E-state index in [1.807, 2.05) is 5.32 Å². The highest BCUT2D eigenvalue weighted by Crippen LogP contribution is 2.24. The molecule has 0 atom stereocenters. The SMILES string of the molecule is O=C1NC(=O)N(c2ccc3c(c2)C(=O)NC3=O)C1=O. The first-order valence-corrected chi connectivity index (χ1v) is 5.18. The number of hydrogen-bond donors (Lipinski definition) is 2. The van der Waals surface area contributed by atoms with Gasteiger partial charge < -0.3 is 0 Å². The normalized spacial score (nSPS) is 17.7. The first-order valence-electron chi connectivity index (χ1n) is 5.18. The van der Waals surface area contributed by atoms with Crippen LogP contribution in [-0.4, -0.2) is 29.7 Å². The number of fused-ring (bicyclic) bond motifs is 1. The number of imide groups is 3. The van der Waals surface area contributed by atoms with E-state index < -0.39 is 29.7 Å². The van der Waals surface area contributed by atoms with Crippen LogP contribution in [0.1, 0.15) is 20.7 Å². The monoisotopic (exact) mass is 259 g/mol. The number of rotatable bonds is 1. The number of urea groups is 1. The van der Waals surface area contributed by atoms with Crippen molar-refractivity contribution >= 4 is 35.3 Å². The number of nitrogens with zero attached hydrogens (tertiary/aromatic N) is 1. The van der Waals surface area contributed by atoms with Crippen LogP contribution in [0.3, 0.4) is 0 Å². The van der Waals surface area contributed by atoms with E-state index in [2.05, 4.69) is 5.32 Å². The molecule has 0 spiro atoms. The fraction of sp³-hybridized carbons (Fsp3) is 0. The molecule has 1 fully saturated rings. The van der Waals surface area contributed by atoms with Gasteiger partial charge in [0.15, 0.2) is 0 Å². The Morgan fingerprint density at radius 1 is 0.789 bits per heavy atom. The number of carbonyl (C=O) groups is 5. The van der Waals surface area contributed by atoms with Crippen LogP contribution < -0.4 is 15.5 Å². The molecule has 19 heavy (non-hydrogen) atoms. The van der Waals surface area contributed by atoms with Crippen LogP contribution in [0.2, 0.25) is 0 Å². The lowest BCUT2D eigenvalue weighted by molar-refractivity contribution is -0.134. The summed E-state index contributed by atoms with van der Waals surface area (Å²) in [5.41, 5.74) is 0.270. The van der Waals surface area contributed by atoms with Crippen LogP contribution in [0.25, 0.3) is 0 Å². The van der Waals surface area contributed by atoms with E-state index in [9.17, 15) is 24.0 Å². The second-order valence-corrected chi connectivity index (χ2v) is 3.91. The Morgan fingerprint density at radius 2 is 1.47 bits per heavy atom. The van der Waals surface area contributed by atoms with Gasteiger partial charge in [0.2, 0.25) is 0 Å². The predicted molar refractivity (Wildman–Crippen MR) is 59.3 cm³/mol. The molecular formula is C11H5N3O5. The second-order valence-electron chi connectivity index (χ2n) is 3.91. The minimum Gasteiger partial charge on any atom is -0.288 e. The third-order valence-corrected chi connectivity index (χ3v) is 2.80. The largest absolute Gasteiger partial charge is 0.336 e. The molecule has 0 unspecified atom stereocenters. The molecule has 8 nitrogen and oxygen atoms in total. The summed E-state index contributed by atoms with van der Waals surface area (Å²) in [7, 11) is 0. The Hall–Kier alpha value is -3.03. The average molecular weight is 259 g/mol. The fourth-order valence-electron chi connectivity index (χ4n) is 1.93. The molecular weight excluding hydrogens is 254 g/mol. The van der Waals surface area contributed by atoms with Gasteiger partial charge in [-0.15, -0.1) is 0 Å². The Bertz CT molecular complexity index is 694. The van der Waals surface area contributed by atoms with Crippen molar-refractivity contribution in [3.05, 3.63) is 29.3 Å². The summed E-state index contributed by atoms with van der Waals surface area (Å²) in [6.07, 6.45) is 0. The molecule has 1 aromatic carbocycles. The maximum Gasteiger partial charge on any atom is 0.336 e. The molecule has 2 N–H and O–H groups in total. The summed E-state index contributed by atoms with van der Waals surface area (Å²) in [5, 5.41) is 3.92. The zero-order chi connectivity index (χ0) is 13.7. The lowest BCUT2D eigenvalue weighted by Crippen LogP contribution is -2.30. The van der Waals surface area contributed by atoms with E-state index in [1.54, 1.807) is 0 Å². The highest BCUT2D eigenvalue weighted by molar-refractivity contribution is 6.53. The third-order valence-electron chi connectivity index (χ3n) is 2.80. The van der Waals surface area contributed by atoms with E-state index in [0.29, 0.717) is 4.90 Å². The van der Waals surface area contributed by atoms with E-state index in [4.69, 9.17) is 0 Å². The summed E-state index contributed by atoms with van der Waals surface area (Å²) < 4.78 is 0. The van der Waals surface area contributed by atoms with E-state index >= 15 is 0 Å². The van der Waals surface area contributed by atoms with Gasteiger partial charge in [0.05, 0.1) is 16.8 Å². The number of benzene rings is 1. The van der Waals surface area contributed by atoms with Crippen molar-refractivity contribution in [1.29, 1.82) is 0 Å². The number of nitrogens with one attached hydrogen (secondary N) is 2. The number of amides is 6. The summed E-state index contributed by atoms with van der Waals surface area (Å²) >= 11 is 0. The standard InChI is InChI=1S/C11H5N3O5/c15-7-5-2-1-4(3-6(5)8(16)12-7)14-10(18)9(17)13-11(14)19/h1-3H,(H,12,15,16)(H,13,17,19). The zero-order valence-corrected chi connectivity index (χ0v) is 9.22. The van der Waals surface area contributed by atoms with E-state index in [-0.39, 0.29) is 16.8 Å².